The van der Waals surface area contributed by atoms with Crippen LogP contribution < -0.4 is 15.5 Å². The first-order chi connectivity index (χ1) is 16.9. The summed E-state index contributed by atoms with van der Waals surface area (Å²) in [6.45, 7) is 5.13. The molecular formula is C25H23ClFN7O. The van der Waals surface area contributed by atoms with Crippen LogP contribution in [0, 0.1) is 12.7 Å². The van der Waals surface area contributed by atoms with Crippen LogP contribution in [0.15, 0.2) is 48.9 Å². The third-order valence-electron chi connectivity index (χ3n) is 5.90. The molecule has 3 aromatic heterocycles. The molecule has 1 aliphatic rings. The van der Waals surface area contributed by atoms with E-state index in [2.05, 4.69) is 30.6 Å². The molecule has 0 aliphatic carbocycles. The van der Waals surface area contributed by atoms with Crippen molar-refractivity contribution in [1.82, 2.24) is 25.3 Å². The first-order valence-corrected chi connectivity index (χ1v) is 11.6. The number of anilines is 2. The number of aryl methyl sites for hydroxylation is 1. The van der Waals surface area contributed by atoms with Crippen LogP contribution in [0.1, 0.15) is 24.4 Å². The highest BCUT2D eigenvalue weighted by Gasteiger charge is 2.19. The molecule has 5 rings (SSSR count). The molecule has 1 aromatic carbocycles. The van der Waals surface area contributed by atoms with Crippen molar-refractivity contribution in [2.24, 2.45) is 0 Å². The van der Waals surface area contributed by atoms with E-state index < -0.39 is 6.04 Å². The van der Waals surface area contributed by atoms with Gasteiger partial charge in [-0.1, -0.05) is 17.7 Å². The van der Waals surface area contributed by atoms with Gasteiger partial charge in [0.2, 0.25) is 11.9 Å². The van der Waals surface area contributed by atoms with Gasteiger partial charge in [-0.25, -0.2) is 14.4 Å². The van der Waals surface area contributed by atoms with Gasteiger partial charge in [-0.05, 0) is 43.7 Å². The van der Waals surface area contributed by atoms with Crippen molar-refractivity contribution in [1.29, 1.82) is 0 Å². The van der Waals surface area contributed by atoms with Crippen LogP contribution >= 0.6 is 11.6 Å². The van der Waals surface area contributed by atoms with Gasteiger partial charge in [0, 0.05) is 48.3 Å². The number of benzene rings is 1. The van der Waals surface area contributed by atoms with Gasteiger partial charge in [0.25, 0.3) is 0 Å². The molecule has 1 fully saturated rings. The van der Waals surface area contributed by atoms with Gasteiger partial charge in [0.15, 0.2) is 0 Å². The fourth-order valence-corrected chi connectivity index (χ4v) is 4.29. The summed E-state index contributed by atoms with van der Waals surface area (Å²) in [5, 5.41) is 7.32. The molecule has 10 heteroatoms. The van der Waals surface area contributed by atoms with Crippen LogP contribution in [0.25, 0.3) is 22.0 Å². The van der Waals surface area contributed by atoms with Crippen LogP contribution in [0.4, 0.5) is 16.0 Å². The third-order valence-corrected chi connectivity index (χ3v) is 6.18. The summed E-state index contributed by atoms with van der Waals surface area (Å²) in [5.41, 5.74) is 4.12. The minimum atomic E-state index is -0.425. The van der Waals surface area contributed by atoms with Crippen LogP contribution in [0.2, 0.25) is 5.02 Å². The Morgan fingerprint density at radius 1 is 1.11 bits per heavy atom. The SMILES string of the molecule is Cc1ccc(F)c(C(C)Nc2c(Cl)cnc3ccc(-c4cnc(N5CCNC(=O)C5)nc4)cc23)n1. The number of aromatic nitrogens is 4. The van der Waals surface area contributed by atoms with Gasteiger partial charge in [-0.2, -0.15) is 0 Å². The van der Waals surface area contributed by atoms with Gasteiger partial charge in [0.05, 0.1) is 34.5 Å². The molecule has 0 saturated carbocycles. The molecule has 1 amide bonds. The quantitative estimate of drug-likeness (QED) is 0.429. The van der Waals surface area contributed by atoms with Crippen molar-refractivity contribution in [3.05, 3.63) is 71.2 Å². The summed E-state index contributed by atoms with van der Waals surface area (Å²) in [5.74, 6) is 0.0880. The number of amides is 1. The van der Waals surface area contributed by atoms with E-state index in [4.69, 9.17) is 11.6 Å². The third kappa shape index (κ3) is 4.72. The lowest BCUT2D eigenvalue weighted by Gasteiger charge is -2.26. The lowest BCUT2D eigenvalue weighted by molar-refractivity contribution is -0.120. The van der Waals surface area contributed by atoms with Crippen LogP contribution in [0.3, 0.4) is 0 Å². The molecule has 1 unspecified atom stereocenters. The second-order valence-electron chi connectivity index (χ2n) is 8.44. The molecule has 2 N–H and O–H groups in total. The molecule has 1 aliphatic heterocycles. The highest BCUT2D eigenvalue weighted by molar-refractivity contribution is 6.34. The monoisotopic (exact) mass is 491 g/mol. The summed E-state index contributed by atoms with van der Waals surface area (Å²) in [4.78, 5) is 31.2. The van der Waals surface area contributed by atoms with Gasteiger partial charge in [-0.15, -0.1) is 0 Å². The number of fused-ring (bicyclic) bond motifs is 1. The molecule has 0 radical (unpaired) electrons. The van der Waals surface area contributed by atoms with Crippen molar-refractivity contribution < 1.29 is 9.18 Å². The lowest BCUT2D eigenvalue weighted by atomic mass is 10.0. The zero-order valence-electron chi connectivity index (χ0n) is 19.2. The Morgan fingerprint density at radius 2 is 1.91 bits per heavy atom. The van der Waals surface area contributed by atoms with Crippen molar-refractivity contribution >= 4 is 40.0 Å². The summed E-state index contributed by atoms with van der Waals surface area (Å²) >= 11 is 6.52. The molecule has 0 spiro atoms. The Labute approximate surface area is 206 Å². The van der Waals surface area contributed by atoms with Crippen LogP contribution in [0.5, 0.6) is 0 Å². The summed E-state index contributed by atoms with van der Waals surface area (Å²) in [6.07, 6.45) is 5.04. The number of pyridine rings is 2. The summed E-state index contributed by atoms with van der Waals surface area (Å²) in [6, 6.07) is 8.41. The molecule has 178 valence electrons. The fraction of sp³-hybridized carbons (Fsp3) is 0.240. The topological polar surface area (TPSA) is 95.9 Å². The molecule has 1 saturated heterocycles. The predicted octanol–water partition coefficient (Wildman–Crippen LogP) is 4.30. The van der Waals surface area contributed by atoms with E-state index in [1.54, 1.807) is 24.7 Å². The van der Waals surface area contributed by atoms with E-state index in [1.807, 2.05) is 36.9 Å². The molecule has 35 heavy (non-hydrogen) atoms. The maximum Gasteiger partial charge on any atom is 0.239 e. The Bertz CT molecular complexity index is 1410. The molecule has 1 atom stereocenters. The molecule has 0 bridgehead atoms. The Hall–Kier alpha value is -3.85. The maximum atomic E-state index is 14.4. The van der Waals surface area contributed by atoms with Crippen LogP contribution in [-0.2, 0) is 4.79 Å². The van der Waals surface area contributed by atoms with Crippen molar-refractivity contribution in [3.8, 4) is 11.1 Å². The highest BCUT2D eigenvalue weighted by atomic mass is 35.5. The van der Waals surface area contributed by atoms with Gasteiger partial charge in [0.1, 0.15) is 5.82 Å². The number of hydrogen-bond donors (Lipinski definition) is 2. The molecular weight excluding hydrogens is 469 g/mol. The van der Waals surface area contributed by atoms with E-state index in [0.717, 1.165) is 27.7 Å². The smallest absolute Gasteiger partial charge is 0.239 e. The zero-order valence-corrected chi connectivity index (χ0v) is 20.0. The first-order valence-electron chi connectivity index (χ1n) is 11.2. The molecule has 4 heterocycles. The van der Waals surface area contributed by atoms with E-state index in [-0.39, 0.29) is 18.3 Å². The number of halogens is 2. The first kappa shape index (κ1) is 22.9. The van der Waals surface area contributed by atoms with E-state index in [9.17, 15) is 9.18 Å². The fourth-order valence-electron chi connectivity index (χ4n) is 4.09. The number of hydrogen-bond acceptors (Lipinski definition) is 7. The van der Waals surface area contributed by atoms with Crippen molar-refractivity contribution in [2.45, 2.75) is 19.9 Å². The van der Waals surface area contributed by atoms with Crippen molar-refractivity contribution in [3.63, 3.8) is 0 Å². The average molecular weight is 492 g/mol. The normalized spacial score (nSPS) is 14.6. The summed E-state index contributed by atoms with van der Waals surface area (Å²) in [7, 11) is 0. The van der Waals surface area contributed by atoms with Crippen LogP contribution in [-0.4, -0.2) is 45.5 Å². The standard InChI is InChI=1S/C25H23ClFN7O/c1-14-3-5-20(27)23(32-14)15(2)33-24-18-9-16(4-6-21(18)29-12-19(24)26)17-10-30-25(31-11-17)34-8-7-28-22(35)13-34/h3-6,9-12,15H,7-8,13H2,1-2H3,(H,28,35)(H,29,33). The molecule has 4 aromatic rings. The Morgan fingerprint density at radius 3 is 2.69 bits per heavy atom. The number of carbonyl (C=O) groups excluding carboxylic acids is 1. The van der Waals surface area contributed by atoms with E-state index >= 15 is 0 Å². The minimum absolute atomic E-state index is 0.0437. The number of piperazine rings is 1. The number of nitrogens with one attached hydrogen (secondary N) is 2. The van der Waals surface area contributed by atoms with Gasteiger partial charge in [-0.3, -0.25) is 14.8 Å². The van der Waals surface area contributed by atoms with Crippen molar-refractivity contribution in [2.75, 3.05) is 29.9 Å². The second kappa shape index (κ2) is 9.42. The largest absolute Gasteiger partial charge is 0.375 e. The lowest BCUT2D eigenvalue weighted by Crippen LogP contribution is -2.48. The Balaban J connectivity index is 1.47. The van der Waals surface area contributed by atoms with Gasteiger partial charge < -0.3 is 15.5 Å². The number of rotatable bonds is 5. The number of nitrogens with zero attached hydrogens (tertiary/aromatic N) is 5. The number of carbonyl (C=O) groups is 1. The average Bonchev–Trinajstić information content (AvgIpc) is 2.87. The van der Waals surface area contributed by atoms with E-state index in [1.165, 1.54) is 6.07 Å². The minimum Gasteiger partial charge on any atom is -0.375 e. The highest BCUT2D eigenvalue weighted by Crippen LogP contribution is 2.35. The maximum absolute atomic E-state index is 14.4. The molecule has 8 nitrogen and oxygen atoms in total. The van der Waals surface area contributed by atoms with Gasteiger partial charge >= 0.3 is 0 Å². The zero-order chi connectivity index (χ0) is 24.5. The predicted molar refractivity (Wildman–Crippen MR) is 134 cm³/mol. The summed E-state index contributed by atoms with van der Waals surface area (Å²) < 4.78 is 14.4. The Kier molecular flexibility index (Phi) is 6.17. The second-order valence-corrected chi connectivity index (χ2v) is 8.85. The van der Waals surface area contributed by atoms with E-state index in [0.29, 0.717) is 35.4 Å².